The number of hydrogen-bond acceptors (Lipinski definition) is 3. The second kappa shape index (κ2) is 6.93. The van der Waals surface area contributed by atoms with E-state index in [4.69, 9.17) is 0 Å². The standard InChI is InChI=1S/C17H32N4/c1-6-21-12-16(11-19-21)15(3)18-13-17(20(4)5)9-7-8-14(2)10-17/h11-12,14-15,18H,6-10,13H2,1-5H3. The van der Waals surface area contributed by atoms with Crippen LogP contribution in [0.3, 0.4) is 0 Å². The lowest BCUT2D eigenvalue weighted by atomic mass is 9.75. The van der Waals surface area contributed by atoms with Gasteiger partial charge in [0, 0.05) is 36.4 Å². The summed E-state index contributed by atoms with van der Waals surface area (Å²) in [5, 5.41) is 8.14. The Hall–Kier alpha value is -0.870. The molecule has 0 saturated heterocycles. The fraction of sp³-hybridized carbons (Fsp3) is 0.824. The van der Waals surface area contributed by atoms with Gasteiger partial charge in [0.2, 0.25) is 0 Å². The van der Waals surface area contributed by atoms with Gasteiger partial charge in [-0.05, 0) is 46.7 Å². The highest BCUT2D eigenvalue weighted by Gasteiger charge is 2.36. The van der Waals surface area contributed by atoms with Gasteiger partial charge in [0.15, 0.2) is 0 Å². The average Bonchev–Trinajstić information content (AvgIpc) is 2.93. The Morgan fingerprint density at radius 1 is 1.52 bits per heavy atom. The molecule has 1 fully saturated rings. The van der Waals surface area contributed by atoms with Crippen molar-refractivity contribution in [3.63, 3.8) is 0 Å². The van der Waals surface area contributed by atoms with Crippen molar-refractivity contribution in [2.24, 2.45) is 5.92 Å². The summed E-state index contributed by atoms with van der Waals surface area (Å²) < 4.78 is 2.00. The molecule has 1 aliphatic carbocycles. The molecule has 1 heterocycles. The van der Waals surface area contributed by atoms with Crippen LogP contribution < -0.4 is 5.32 Å². The summed E-state index contributed by atoms with van der Waals surface area (Å²) in [6, 6.07) is 0.361. The van der Waals surface area contributed by atoms with Crippen LogP contribution >= 0.6 is 0 Å². The smallest absolute Gasteiger partial charge is 0.0537 e. The first-order chi connectivity index (χ1) is 9.97. The zero-order valence-corrected chi connectivity index (χ0v) is 14.4. The molecular weight excluding hydrogens is 260 g/mol. The van der Waals surface area contributed by atoms with Crippen LogP contribution in [0.5, 0.6) is 0 Å². The molecule has 4 heteroatoms. The molecule has 0 aromatic carbocycles. The number of likely N-dealkylation sites (N-methyl/N-ethyl adjacent to an activating group) is 1. The molecule has 1 aliphatic rings. The third-order valence-corrected chi connectivity index (χ3v) is 5.23. The van der Waals surface area contributed by atoms with Crippen molar-refractivity contribution in [1.82, 2.24) is 20.0 Å². The molecule has 1 aromatic rings. The molecule has 1 saturated carbocycles. The Kier molecular flexibility index (Phi) is 5.44. The van der Waals surface area contributed by atoms with Crippen LogP contribution in [0.4, 0.5) is 0 Å². The SMILES string of the molecule is CCn1cc(C(C)NCC2(N(C)C)CCCC(C)C2)cn1. The number of aryl methyl sites for hydroxylation is 1. The van der Waals surface area contributed by atoms with Crippen LogP contribution in [0, 0.1) is 5.92 Å². The van der Waals surface area contributed by atoms with Crippen LogP contribution in [0.15, 0.2) is 12.4 Å². The summed E-state index contributed by atoms with van der Waals surface area (Å²) in [6.07, 6.45) is 9.49. The molecule has 3 unspecified atom stereocenters. The van der Waals surface area contributed by atoms with E-state index in [1.54, 1.807) is 0 Å². The van der Waals surface area contributed by atoms with E-state index in [0.29, 0.717) is 11.6 Å². The molecule has 2 rings (SSSR count). The fourth-order valence-corrected chi connectivity index (χ4v) is 3.59. The van der Waals surface area contributed by atoms with Crippen molar-refractivity contribution in [3.05, 3.63) is 18.0 Å². The average molecular weight is 292 g/mol. The third-order valence-electron chi connectivity index (χ3n) is 5.23. The minimum absolute atomic E-state index is 0.312. The van der Waals surface area contributed by atoms with E-state index in [-0.39, 0.29) is 0 Å². The summed E-state index contributed by atoms with van der Waals surface area (Å²) in [7, 11) is 4.47. The number of nitrogens with one attached hydrogen (secondary N) is 1. The van der Waals surface area contributed by atoms with Gasteiger partial charge in [-0.3, -0.25) is 4.68 Å². The van der Waals surface area contributed by atoms with Gasteiger partial charge in [-0.15, -0.1) is 0 Å². The minimum atomic E-state index is 0.312. The van der Waals surface area contributed by atoms with Gasteiger partial charge < -0.3 is 10.2 Å². The molecule has 1 N–H and O–H groups in total. The zero-order valence-electron chi connectivity index (χ0n) is 14.4. The van der Waals surface area contributed by atoms with Gasteiger partial charge in [-0.25, -0.2) is 0 Å². The normalized spacial score (nSPS) is 28.0. The molecule has 0 amide bonds. The molecular formula is C17H32N4. The minimum Gasteiger partial charge on any atom is -0.308 e. The summed E-state index contributed by atoms with van der Waals surface area (Å²) >= 11 is 0. The van der Waals surface area contributed by atoms with Crippen LogP contribution in [-0.2, 0) is 6.54 Å². The van der Waals surface area contributed by atoms with Crippen molar-refractivity contribution in [2.45, 2.75) is 64.6 Å². The summed E-state index contributed by atoms with van der Waals surface area (Å²) in [5.41, 5.74) is 1.60. The zero-order chi connectivity index (χ0) is 15.5. The maximum absolute atomic E-state index is 4.38. The summed E-state index contributed by atoms with van der Waals surface area (Å²) in [5.74, 6) is 0.834. The lowest BCUT2D eigenvalue weighted by Crippen LogP contribution is -2.54. The van der Waals surface area contributed by atoms with E-state index in [0.717, 1.165) is 19.0 Å². The van der Waals surface area contributed by atoms with Crippen LogP contribution in [-0.4, -0.2) is 40.9 Å². The van der Waals surface area contributed by atoms with Crippen LogP contribution in [0.1, 0.15) is 58.1 Å². The Balaban J connectivity index is 1.98. The van der Waals surface area contributed by atoms with Gasteiger partial charge in [-0.2, -0.15) is 5.10 Å². The lowest BCUT2D eigenvalue weighted by molar-refractivity contribution is 0.0728. The molecule has 120 valence electrons. The molecule has 3 atom stereocenters. The second-order valence-electron chi connectivity index (χ2n) is 7.05. The maximum Gasteiger partial charge on any atom is 0.0537 e. The van der Waals surface area contributed by atoms with Gasteiger partial charge >= 0.3 is 0 Å². The van der Waals surface area contributed by atoms with Crippen molar-refractivity contribution in [2.75, 3.05) is 20.6 Å². The Bertz CT molecular complexity index is 440. The second-order valence-corrected chi connectivity index (χ2v) is 7.05. The van der Waals surface area contributed by atoms with Crippen molar-refractivity contribution < 1.29 is 0 Å². The number of nitrogens with zero attached hydrogens (tertiary/aromatic N) is 3. The molecule has 0 bridgehead atoms. The van der Waals surface area contributed by atoms with E-state index in [1.807, 2.05) is 10.9 Å². The van der Waals surface area contributed by atoms with Crippen LogP contribution in [0.2, 0.25) is 0 Å². The monoisotopic (exact) mass is 292 g/mol. The molecule has 0 spiro atoms. The highest BCUT2D eigenvalue weighted by Crippen LogP contribution is 2.35. The van der Waals surface area contributed by atoms with Gasteiger partial charge in [0.1, 0.15) is 0 Å². The predicted octanol–water partition coefficient (Wildman–Crippen LogP) is 3.06. The fourth-order valence-electron chi connectivity index (χ4n) is 3.59. The topological polar surface area (TPSA) is 33.1 Å². The van der Waals surface area contributed by atoms with Crippen LogP contribution in [0.25, 0.3) is 0 Å². The molecule has 1 aromatic heterocycles. The lowest BCUT2D eigenvalue weighted by Gasteiger charge is -2.46. The van der Waals surface area contributed by atoms with Crippen molar-refractivity contribution in [3.8, 4) is 0 Å². The third kappa shape index (κ3) is 3.86. The number of hydrogen-bond donors (Lipinski definition) is 1. The first-order valence-electron chi connectivity index (χ1n) is 8.40. The highest BCUT2D eigenvalue weighted by molar-refractivity contribution is 5.10. The predicted molar refractivity (Wildman–Crippen MR) is 88.4 cm³/mol. The van der Waals surface area contributed by atoms with E-state index in [2.05, 4.69) is 56.4 Å². The maximum atomic E-state index is 4.38. The summed E-state index contributed by atoms with van der Waals surface area (Å²) in [4.78, 5) is 2.44. The van der Waals surface area contributed by atoms with Gasteiger partial charge in [0.05, 0.1) is 6.20 Å². The summed E-state index contributed by atoms with van der Waals surface area (Å²) in [6.45, 7) is 8.76. The number of rotatable bonds is 6. The first-order valence-corrected chi connectivity index (χ1v) is 8.40. The molecule has 0 aliphatic heterocycles. The van der Waals surface area contributed by atoms with E-state index in [9.17, 15) is 0 Å². The van der Waals surface area contributed by atoms with Gasteiger partial charge in [0.25, 0.3) is 0 Å². The Labute approximate surface area is 129 Å². The molecule has 21 heavy (non-hydrogen) atoms. The van der Waals surface area contributed by atoms with E-state index >= 15 is 0 Å². The quantitative estimate of drug-likeness (QED) is 0.875. The van der Waals surface area contributed by atoms with Crippen molar-refractivity contribution >= 4 is 0 Å². The van der Waals surface area contributed by atoms with E-state index in [1.165, 1.54) is 31.2 Å². The van der Waals surface area contributed by atoms with Gasteiger partial charge in [-0.1, -0.05) is 19.8 Å². The first kappa shape index (κ1) is 16.5. The van der Waals surface area contributed by atoms with E-state index < -0.39 is 0 Å². The number of aromatic nitrogens is 2. The Morgan fingerprint density at radius 2 is 2.29 bits per heavy atom. The van der Waals surface area contributed by atoms with Crippen molar-refractivity contribution in [1.29, 1.82) is 0 Å². The highest BCUT2D eigenvalue weighted by atomic mass is 15.3. The molecule has 0 radical (unpaired) electrons. The largest absolute Gasteiger partial charge is 0.308 e. The Morgan fingerprint density at radius 3 is 2.86 bits per heavy atom. The molecule has 4 nitrogen and oxygen atoms in total.